The Kier molecular flexibility index (Phi) is 4.69. The third-order valence-electron chi connectivity index (χ3n) is 3.79. The van der Waals surface area contributed by atoms with Crippen LogP contribution in [0.5, 0.6) is 0 Å². The van der Waals surface area contributed by atoms with Gasteiger partial charge in [-0.1, -0.05) is 24.3 Å². The van der Waals surface area contributed by atoms with Crippen LogP contribution in [0.4, 0.5) is 0 Å². The molecular formula is C17H22N2. The summed E-state index contributed by atoms with van der Waals surface area (Å²) in [5, 5.41) is 3.43. The Labute approximate surface area is 115 Å². The Morgan fingerprint density at radius 2 is 1.95 bits per heavy atom. The lowest BCUT2D eigenvalue weighted by atomic mass is 9.94. The number of nitrogens with zero attached hydrogens (tertiary/aromatic N) is 1. The summed E-state index contributed by atoms with van der Waals surface area (Å²) >= 11 is 0. The highest BCUT2D eigenvalue weighted by molar-refractivity contribution is 5.35. The van der Waals surface area contributed by atoms with Crippen molar-refractivity contribution < 1.29 is 0 Å². The smallest absolute Gasteiger partial charge is 0.0404 e. The molecule has 2 nitrogen and oxygen atoms in total. The van der Waals surface area contributed by atoms with Crippen LogP contribution in [0.25, 0.3) is 0 Å². The molecule has 2 rings (SSSR count). The molecule has 1 heterocycles. The lowest BCUT2D eigenvalue weighted by Crippen LogP contribution is -2.18. The molecule has 19 heavy (non-hydrogen) atoms. The van der Waals surface area contributed by atoms with Crippen LogP contribution in [0, 0.1) is 13.8 Å². The average molecular weight is 254 g/mol. The molecule has 0 saturated heterocycles. The molecule has 1 aromatic heterocycles. The summed E-state index contributed by atoms with van der Waals surface area (Å²) in [7, 11) is 2.03. The minimum Gasteiger partial charge on any atom is -0.313 e. The highest BCUT2D eigenvalue weighted by atomic mass is 14.9. The van der Waals surface area contributed by atoms with Crippen molar-refractivity contribution in [1.82, 2.24) is 10.3 Å². The van der Waals surface area contributed by atoms with Crippen molar-refractivity contribution in [1.29, 1.82) is 0 Å². The number of hydrogen-bond donors (Lipinski definition) is 1. The normalized spacial score (nSPS) is 12.4. The van der Waals surface area contributed by atoms with Gasteiger partial charge in [0.25, 0.3) is 0 Å². The second-order valence-corrected chi connectivity index (χ2v) is 4.99. The molecule has 1 N–H and O–H groups in total. The van der Waals surface area contributed by atoms with Crippen LogP contribution in [0.1, 0.15) is 34.8 Å². The highest BCUT2D eigenvalue weighted by Gasteiger charge is 2.12. The fourth-order valence-electron chi connectivity index (χ4n) is 2.44. The number of rotatable bonds is 5. The maximum atomic E-state index is 4.39. The number of aromatic nitrogens is 1. The highest BCUT2D eigenvalue weighted by Crippen LogP contribution is 2.23. The molecule has 1 aromatic carbocycles. The van der Waals surface area contributed by atoms with Gasteiger partial charge in [-0.05, 0) is 62.6 Å². The van der Waals surface area contributed by atoms with Gasteiger partial charge in [0.1, 0.15) is 0 Å². The van der Waals surface area contributed by atoms with E-state index < -0.39 is 0 Å². The zero-order valence-corrected chi connectivity index (χ0v) is 12.0. The zero-order chi connectivity index (χ0) is 13.7. The van der Waals surface area contributed by atoms with Gasteiger partial charge >= 0.3 is 0 Å². The number of benzene rings is 1. The molecule has 0 radical (unpaired) electrons. The van der Waals surface area contributed by atoms with Crippen molar-refractivity contribution in [2.24, 2.45) is 0 Å². The summed E-state index contributed by atoms with van der Waals surface area (Å²) in [5.41, 5.74) is 5.31. The van der Waals surface area contributed by atoms with E-state index in [0.717, 1.165) is 18.5 Å². The molecule has 0 amide bonds. The topological polar surface area (TPSA) is 24.9 Å². The van der Waals surface area contributed by atoms with Gasteiger partial charge in [0.15, 0.2) is 0 Å². The number of nitrogens with one attached hydrogen (secondary N) is 1. The monoisotopic (exact) mass is 254 g/mol. The standard InChI is InChI=1S/C17H22N2/c1-13-7-6-9-16(14(13)2)17(18-3)11-10-15-8-4-5-12-19-15/h4-9,12,17-18H,10-11H2,1-3H3. The summed E-state index contributed by atoms with van der Waals surface area (Å²) in [6, 6.07) is 13.0. The van der Waals surface area contributed by atoms with Crippen LogP contribution < -0.4 is 5.32 Å². The van der Waals surface area contributed by atoms with Crippen LogP contribution in [0.15, 0.2) is 42.6 Å². The summed E-state index contributed by atoms with van der Waals surface area (Å²) in [6.07, 6.45) is 3.93. The van der Waals surface area contributed by atoms with Gasteiger partial charge in [-0.15, -0.1) is 0 Å². The van der Waals surface area contributed by atoms with E-state index in [1.54, 1.807) is 0 Å². The Morgan fingerprint density at radius 1 is 1.11 bits per heavy atom. The van der Waals surface area contributed by atoms with Gasteiger partial charge < -0.3 is 5.32 Å². The van der Waals surface area contributed by atoms with E-state index in [1.165, 1.54) is 16.7 Å². The third-order valence-corrected chi connectivity index (χ3v) is 3.79. The molecule has 0 aliphatic carbocycles. The van der Waals surface area contributed by atoms with E-state index in [4.69, 9.17) is 0 Å². The second kappa shape index (κ2) is 6.48. The van der Waals surface area contributed by atoms with Crippen LogP contribution in [0.2, 0.25) is 0 Å². The fourth-order valence-corrected chi connectivity index (χ4v) is 2.44. The predicted octanol–water partition coefficient (Wildman–Crippen LogP) is 3.59. The van der Waals surface area contributed by atoms with Gasteiger partial charge in [0.05, 0.1) is 0 Å². The maximum Gasteiger partial charge on any atom is 0.0404 e. The van der Waals surface area contributed by atoms with Gasteiger partial charge in [-0.25, -0.2) is 0 Å². The van der Waals surface area contributed by atoms with Crippen molar-refractivity contribution in [2.45, 2.75) is 32.7 Å². The molecule has 0 bridgehead atoms. The largest absolute Gasteiger partial charge is 0.313 e. The molecular weight excluding hydrogens is 232 g/mol. The first-order valence-corrected chi connectivity index (χ1v) is 6.85. The van der Waals surface area contributed by atoms with Crippen molar-refractivity contribution in [3.8, 4) is 0 Å². The summed E-state index contributed by atoms with van der Waals surface area (Å²) < 4.78 is 0. The predicted molar refractivity (Wildman–Crippen MR) is 80.3 cm³/mol. The van der Waals surface area contributed by atoms with Gasteiger partial charge in [-0.3, -0.25) is 4.98 Å². The van der Waals surface area contributed by atoms with E-state index in [1.807, 2.05) is 19.3 Å². The van der Waals surface area contributed by atoms with E-state index in [-0.39, 0.29) is 0 Å². The van der Waals surface area contributed by atoms with Crippen LogP contribution >= 0.6 is 0 Å². The first-order valence-electron chi connectivity index (χ1n) is 6.85. The number of hydrogen-bond acceptors (Lipinski definition) is 2. The molecule has 0 spiro atoms. The Morgan fingerprint density at radius 3 is 2.63 bits per heavy atom. The molecule has 0 aliphatic heterocycles. The molecule has 1 unspecified atom stereocenters. The average Bonchev–Trinajstić information content (AvgIpc) is 2.45. The number of aryl methyl sites for hydroxylation is 2. The molecule has 0 fully saturated rings. The molecule has 1 atom stereocenters. The Balaban J connectivity index is 2.10. The SMILES string of the molecule is CNC(CCc1ccccn1)c1cccc(C)c1C. The van der Waals surface area contributed by atoms with Crippen molar-refractivity contribution in [2.75, 3.05) is 7.05 Å². The number of pyridine rings is 1. The van der Waals surface area contributed by atoms with Crippen molar-refractivity contribution in [3.05, 3.63) is 65.0 Å². The lowest BCUT2D eigenvalue weighted by molar-refractivity contribution is 0.543. The van der Waals surface area contributed by atoms with Gasteiger partial charge in [0.2, 0.25) is 0 Å². The van der Waals surface area contributed by atoms with Gasteiger partial charge in [0, 0.05) is 17.9 Å². The second-order valence-electron chi connectivity index (χ2n) is 4.99. The zero-order valence-electron chi connectivity index (χ0n) is 12.0. The van der Waals surface area contributed by atoms with Crippen LogP contribution in [0.3, 0.4) is 0 Å². The minimum absolute atomic E-state index is 0.391. The lowest BCUT2D eigenvalue weighted by Gasteiger charge is -2.20. The fraction of sp³-hybridized carbons (Fsp3) is 0.353. The van der Waals surface area contributed by atoms with Crippen LogP contribution in [-0.2, 0) is 6.42 Å². The summed E-state index contributed by atoms with van der Waals surface area (Å²) in [5.74, 6) is 0. The molecule has 0 saturated carbocycles. The van der Waals surface area contributed by atoms with E-state index in [0.29, 0.717) is 6.04 Å². The maximum absolute atomic E-state index is 4.39. The third kappa shape index (κ3) is 3.42. The first kappa shape index (κ1) is 13.8. The quantitative estimate of drug-likeness (QED) is 0.882. The summed E-state index contributed by atoms with van der Waals surface area (Å²) in [6.45, 7) is 4.38. The van der Waals surface area contributed by atoms with Crippen LogP contribution in [-0.4, -0.2) is 12.0 Å². The van der Waals surface area contributed by atoms with Gasteiger partial charge in [-0.2, -0.15) is 0 Å². The molecule has 2 aromatic rings. The van der Waals surface area contributed by atoms with E-state index in [2.05, 4.69) is 54.5 Å². The Hall–Kier alpha value is -1.67. The molecule has 100 valence electrons. The van der Waals surface area contributed by atoms with Crippen molar-refractivity contribution in [3.63, 3.8) is 0 Å². The molecule has 0 aliphatic rings. The van der Waals surface area contributed by atoms with E-state index >= 15 is 0 Å². The van der Waals surface area contributed by atoms with E-state index in [9.17, 15) is 0 Å². The summed E-state index contributed by atoms with van der Waals surface area (Å²) in [4.78, 5) is 4.39. The Bertz CT molecular complexity index is 520. The minimum atomic E-state index is 0.391. The first-order chi connectivity index (χ1) is 9.22. The molecule has 2 heteroatoms. The van der Waals surface area contributed by atoms with Crippen molar-refractivity contribution >= 4 is 0 Å².